The van der Waals surface area contributed by atoms with Gasteiger partial charge in [0, 0.05) is 17.3 Å². The Kier molecular flexibility index (Phi) is 9.39. The zero-order chi connectivity index (χ0) is 20.3. The largest absolute Gasteiger partial charge is 0.373 e. The number of aryl methyl sites for hydroxylation is 1. The third-order valence-corrected chi connectivity index (χ3v) is 4.30. The van der Waals surface area contributed by atoms with Crippen LogP contribution in [0.3, 0.4) is 0 Å². The molecule has 0 aliphatic heterocycles. The first-order valence-corrected chi connectivity index (χ1v) is 9.63. The number of rotatable bonds is 10. The lowest BCUT2D eigenvalue weighted by molar-refractivity contribution is 0.425. The molecule has 0 bridgehead atoms. The molecule has 2 N–H and O–H groups in total. The van der Waals surface area contributed by atoms with E-state index in [-0.39, 0.29) is 11.5 Å². The SMILES string of the molecule is C=C=C(NC(CCCc1ccccc1)C(=C)NC(=C/C)/N=C\C)C(C)(C)C. The highest BCUT2D eigenvalue weighted by molar-refractivity contribution is 5.55. The number of nitrogens with one attached hydrogen (secondary N) is 2. The van der Waals surface area contributed by atoms with Crippen molar-refractivity contribution in [1.29, 1.82) is 0 Å². The Balaban J connectivity index is 2.87. The van der Waals surface area contributed by atoms with Crippen molar-refractivity contribution in [3.8, 4) is 0 Å². The van der Waals surface area contributed by atoms with Gasteiger partial charge in [-0.25, -0.2) is 4.99 Å². The number of allylic oxidation sites excluding steroid dienone is 2. The Bertz CT molecular complexity index is 699. The molecule has 1 atom stereocenters. The minimum Gasteiger partial charge on any atom is -0.373 e. The number of hydrogen-bond donors (Lipinski definition) is 2. The fourth-order valence-electron chi connectivity index (χ4n) is 2.77. The van der Waals surface area contributed by atoms with Crippen LogP contribution in [-0.4, -0.2) is 12.3 Å². The van der Waals surface area contributed by atoms with Crippen LogP contribution in [0.25, 0.3) is 0 Å². The van der Waals surface area contributed by atoms with E-state index < -0.39 is 0 Å². The molecule has 0 heterocycles. The van der Waals surface area contributed by atoms with E-state index in [2.05, 4.69) is 85.6 Å². The highest BCUT2D eigenvalue weighted by Crippen LogP contribution is 2.24. The smallest absolute Gasteiger partial charge is 0.125 e. The third-order valence-electron chi connectivity index (χ3n) is 4.30. The van der Waals surface area contributed by atoms with E-state index in [4.69, 9.17) is 0 Å². The molecular formula is C24H35N3. The molecule has 27 heavy (non-hydrogen) atoms. The highest BCUT2D eigenvalue weighted by Gasteiger charge is 2.22. The van der Waals surface area contributed by atoms with Crippen molar-refractivity contribution < 1.29 is 0 Å². The van der Waals surface area contributed by atoms with Gasteiger partial charge < -0.3 is 10.6 Å². The van der Waals surface area contributed by atoms with Crippen LogP contribution in [-0.2, 0) is 6.42 Å². The Morgan fingerprint density at radius 1 is 1.22 bits per heavy atom. The molecule has 1 unspecified atom stereocenters. The van der Waals surface area contributed by atoms with E-state index in [1.165, 1.54) is 5.56 Å². The van der Waals surface area contributed by atoms with Gasteiger partial charge in [-0.05, 0) is 44.7 Å². The molecule has 0 saturated carbocycles. The molecule has 3 heteroatoms. The maximum absolute atomic E-state index is 4.34. The van der Waals surface area contributed by atoms with Crippen LogP contribution in [0.4, 0.5) is 0 Å². The van der Waals surface area contributed by atoms with Crippen LogP contribution in [0.15, 0.2) is 77.5 Å². The Morgan fingerprint density at radius 2 is 1.89 bits per heavy atom. The zero-order valence-electron chi connectivity index (χ0n) is 17.6. The zero-order valence-corrected chi connectivity index (χ0v) is 17.6. The van der Waals surface area contributed by atoms with E-state index in [0.29, 0.717) is 0 Å². The van der Waals surface area contributed by atoms with Crippen LogP contribution >= 0.6 is 0 Å². The fraction of sp³-hybridized carbons (Fsp3) is 0.417. The first-order valence-electron chi connectivity index (χ1n) is 9.63. The molecule has 0 aromatic heterocycles. The third kappa shape index (κ3) is 8.15. The van der Waals surface area contributed by atoms with Gasteiger partial charge in [-0.2, -0.15) is 0 Å². The molecule has 1 aromatic rings. The highest BCUT2D eigenvalue weighted by atomic mass is 15.1. The van der Waals surface area contributed by atoms with Gasteiger partial charge in [0.2, 0.25) is 0 Å². The van der Waals surface area contributed by atoms with Crippen LogP contribution in [0.1, 0.15) is 53.0 Å². The average molecular weight is 366 g/mol. The summed E-state index contributed by atoms with van der Waals surface area (Å²) in [5, 5.41) is 6.95. The number of benzene rings is 1. The van der Waals surface area contributed by atoms with Gasteiger partial charge >= 0.3 is 0 Å². The van der Waals surface area contributed by atoms with Crippen LogP contribution in [0.5, 0.6) is 0 Å². The predicted molar refractivity (Wildman–Crippen MR) is 119 cm³/mol. The van der Waals surface area contributed by atoms with Crippen molar-refractivity contribution in [3.63, 3.8) is 0 Å². The molecule has 0 saturated heterocycles. The second-order valence-electron chi connectivity index (χ2n) is 7.59. The lowest BCUT2D eigenvalue weighted by atomic mass is 9.91. The standard InChI is InChI=1S/C24H35N3/c1-8-22(24(5,6)7)27-21(19(4)26-23(9-2)25-10-3)18-14-17-20-15-12-11-13-16-20/h9-13,15-16,21,26-27H,1,4,14,17-18H2,2-3,5-7H3/b23-9+,25-10-. The van der Waals surface area contributed by atoms with Crippen molar-refractivity contribution in [2.45, 2.75) is 59.9 Å². The van der Waals surface area contributed by atoms with E-state index in [1.54, 1.807) is 6.21 Å². The van der Waals surface area contributed by atoms with Crippen molar-refractivity contribution in [1.82, 2.24) is 10.6 Å². The lowest BCUT2D eigenvalue weighted by Crippen LogP contribution is -2.38. The summed E-state index contributed by atoms with van der Waals surface area (Å²) in [6.07, 6.45) is 6.77. The fourth-order valence-corrected chi connectivity index (χ4v) is 2.77. The topological polar surface area (TPSA) is 36.4 Å². The van der Waals surface area contributed by atoms with Crippen molar-refractivity contribution in [3.05, 3.63) is 78.1 Å². The maximum atomic E-state index is 4.34. The van der Waals surface area contributed by atoms with Gasteiger partial charge in [0.25, 0.3) is 0 Å². The normalized spacial score (nSPS) is 13.1. The van der Waals surface area contributed by atoms with Gasteiger partial charge in [0.1, 0.15) is 5.82 Å². The second-order valence-corrected chi connectivity index (χ2v) is 7.59. The minimum atomic E-state index is -0.0509. The summed E-state index contributed by atoms with van der Waals surface area (Å²) in [6, 6.07) is 10.6. The number of hydrogen-bond acceptors (Lipinski definition) is 3. The summed E-state index contributed by atoms with van der Waals surface area (Å²) < 4.78 is 0. The minimum absolute atomic E-state index is 0.0509. The molecule has 0 spiro atoms. The molecule has 1 aromatic carbocycles. The van der Waals surface area contributed by atoms with Crippen molar-refractivity contribution in [2.75, 3.05) is 0 Å². The molecule has 1 rings (SSSR count). The lowest BCUT2D eigenvalue weighted by Gasteiger charge is -2.29. The van der Waals surface area contributed by atoms with Gasteiger partial charge in [0.05, 0.1) is 11.7 Å². The van der Waals surface area contributed by atoms with Gasteiger partial charge in [-0.15, -0.1) is 5.73 Å². The quantitative estimate of drug-likeness (QED) is 0.410. The van der Waals surface area contributed by atoms with E-state index in [9.17, 15) is 0 Å². The van der Waals surface area contributed by atoms with Crippen molar-refractivity contribution >= 4 is 6.21 Å². The average Bonchev–Trinajstić information content (AvgIpc) is 2.63. The van der Waals surface area contributed by atoms with Crippen LogP contribution in [0, 0.1) is 5.41 Å². The van der Waals surface area contributed by atoms with Gasteiger partial charge in [-0.1, -0.05) is 64.3 Å². The molecule has 3 nitrogen and oxygen atoms in total. The summed E-state index contributed by atoms with van der Waals surface area (Å²) in [5.41, 5.74) is 6.27. The Labute approximate surface area is 165 Å². The Hall–Kier alpha value is -2.51. The number of nitrogens with zero attached hydrogens (tertiary/aromatic N) is 1. The summed E-state index contributed by atoms with van der Waals surface area (Å²) in [7, 11) is 0. The summed E-state index contributed by atoms with van der Waals surface area (Å²) in [6.45, 7) is 18.5. The number of aliphatic imine (C=N–C) groups is 1. The molecule has 0 radical (unpaired) electrons. The van der Waals surface area contributed by atoms with E-state index >= 15 is 0 Å². The first-order chi connectivity index (χ1) is 12.8. The molecule has 0 fully saturated rings. The van der Waals surface area contributed by atoms with Gasteiger partial charge in [0.15, 0.2) is 0 Å². The van der Waals surface area contributed by atoms with E-state index in [0.717, 1.165) is 36.5 Å². The van der Waals surface area contributed by atoms with Crippen LogP contribution < -0.4 is 10.6 Å². The summed E-state index contributed by atoms with van der Waals surface area (Å²) in [4.78, 5) is 4.34. The summed E-state index contributed by atoms with van der Waals surface area (Å²) >= 11 is 0. The van der Waals surface area contributed by atoms with E-state index in [1.807, 2.05) is 19.9 Å². The first kappa shape index (κ1) is 22.5. The predicted octanol–water partition coefficient (Wildman–Crippen LogP) is 5.74. The maximum Gasteiger partial charge on any atom is 0.125 e. The molecule has 0 aliphatic rings. The molecular weight excluding hydrogens is 330 g/mol. The Morgan fingerprint density at radius 3 is 2.41 bits per heavy atom. The molecule has 146 valence electrons. The molecule has 0 aliphatic carbocycles. The van der Waals surface area contributed by atoms with Gasteiger partial charge in [-0.3, -0.25) is 0 Å². The second kappa shape index (κ2) is 11.3. The monoisotopic (exact) mass is 365 g/mol. The molecule has 0 amide bonds. The summed E-state index contributed by atoms with van der Waals surface area (Å²) in [5.74, 6) is 0.803. The van der Waals surface area contributed by atoms with Crippen molar-refractivity contribution in [2.24, 2.45) is 10.4 Å². The van der Waals surface area contributed by atoms with Crippen LogP contribution in [0.2, 0.25) is 0 Å².